The number of hydrogen-bond donors (Lipinski definition) is 0. The number of amides is 1. The second-order valence-corrected chi connectivity index (χ2v) is 6.98. The number of ether oxygens (including phenoxy) is 1. The zero-order valence-electron chi connectivity index (χ0n) is 16.0. The van der Waals surface area contributed by atoms with Gasteiger partial charge in [0.2, 0.25) is 5.88 Å². The first-order valence-electron chi connectivity index (χ1n) is 9.17. The molecule has 11 nitrogen and oxygen atoms in total. The lowest BCUT2D eigenvalue weighted by Crippen LogP contribution is -2.50. The number of fused-ring (bicyclic) bond motifs is 1. The van der Waals surface area contributed by atoms with E-state index in [1.807, 2.05) is 25.4 Å². The molecule has 1 amide bonds. The highest BCUT2D eigenvalue weighted by molar-refractivity contribution is 5.99. The van der Waals surface area contributed by atoms with E-state index in [4.69, 9.17) is 4.74 Å². The van der Waals surface area contributed by atoms with Crippen LogP contribution >= 0.6 is 0 Å². The second-order valence-electron chi connectivity index (χ2n) is 6.98. The monoisotopic (exact) mass is 393 g/mol. The van der Waals surface area contributed by atoms with Gasteiger partial charge < -0.3 is 9.64 Å². The average Bonchev–Trinajstić information content (AvgIpc) is 3.40. The van der Waals surface area contributed by atoms with Crippen LogP contribution in [0.5, 0.6) is 5.88 Å². The van der Waals surface area contributed by atoms with E-state index >= 15 is 0 Å². The summed E-state index contributed by atoms with van der Waals surface area (Å²) in [6.45, 7) is 1.65. The van der Waals surface area contributed by atoms with Crippen LogP contribution in [0.2, 0.25) is 0 Å². The lowest BCUT2D eigenvalue weighted by atomic mass is 10.1. The smallest absolute Gasteiger partial charge is 0.254 e. The van der Waals surface area contributed by atoms with Crippen LogP contribution in [0.15, 0.2) is 36.8 Å². The molecule has 4 aromatic rings. The van der Waals surface area contributed by atoms with Gasteiger partial charge in [-0.15, -0.1) is 5.10 Å². The standard InChI is InChI=1S/C18H19N9O2/c1-24-18(29-2)15-4-3-12(7-16(15)22-24)17(28)25-10-14(11-25)26-8-13(21-23-26)9-27-19-5-6-20-27/h3-8,14H,9-11H2,1-2H3. The van der Waals surface area contributed by atoms with Gasteiger partial charge in [0, 0.05) is 25.7 Å². The third-order valence-corrected chi connectivity index (χ3v) is 5.07. The maximum atomic E-state index is 12.8. The molecule has 5 rings (SSSR count). The first kappa shape index (κ1) is 17.3. The fourth-order valence-electron chi connectivity index (χ4n) is 3.56. The summed E-state index contributed by atoms with van der Waals surface area (Å²) in [5.41, 5.74) is 2.13. The van der Waals surface area contributed by atoms with E-state index in [9.17, 15) is 4.79 Å². The van der Waals surface area contributed by atoms with E-state index in [-0.39, 0.29) is 11.9 Å². The molecule has 0 aliphatic carbocycles. The Balaban J connectivity index is 1.25. The number of aromatic nitrogens is 8. The van der Waals surface area contributed by atoms with Gasteiger partial charge in [-0.1, -0.05) is 5.21 Å². The van der Waals surface area contributed by atoms with Gasteiger partial charge in [-0.3, -0.25) is 4.79 Å². The van der Waals surface area contributed by atoms with Crippen molar-refractivity contribution < 1.29 is 9.53 Å². The number of benzene rings is 1. The van der Waals surface area contributed by atoms with Crippen molar-refractivity contribution in [3.63, 3.8) is 0 Å². The molecule has 0 spiro atoms. The van der Waals surface area contributed by atoms with Crippen LogP contribution in [-0.2, 0) is 13.6 Å². The third-order valence-electron chi connectivity index (χ3n) is 5.07. The molecule has 1 saturated heterocycles. The van der Waals surface area contributed by atoms with Crippen molar-refractivity contribution in [3.05, 3.63) is 48.0 Å². The quantitative estimate of drug-likeness (QED) is 0.486. The zero-order chi connectivity index (χ0) is 20.0. The fraction of sp³-hybridized carbons (Fsp3) is 0.333. The SMILES string of the molecule is COc1c2ccc(C(=O)N3CC(n4cc(Cn5nccn5)nn4)C3)cc2nn1C. The van der Waals surface area contributed by atoms with Crippen molar-refractivity contribution in [2.24, 2.45) is 7.05 Å². The van der Waals surface area contributed by atoms with E-state index < -0.39 is 0 Å². The predicted molar refractivity (Wildman–Crippen MR) is 101 cm³/mol. The highest BCUT2D eigenvalue weighted by atomic mass is 16.5. The van der Waals surface area contributed by atoms with E-state index in [1.165, 1.54) is 0 Å². The van der Waals surface area contributed by atoms with Gasteiger partial charge in [0.25, 0.3) is 5.91 Å². The van der Waals surface area contributed by atoms with Gasteiger partial charge in [-0.2, -0.15) is 20.1 Å². The summed E-state index contributed by atoms with van der Waals surface area (Å²) in [5.74, 6) is 0.657. The zero-order valence-corrected chi connectivity index (χ0v) is 16.0. The summed E-state index contributed by atoms with van der Waals surface area (Å²) in [5, 5.41) is 21.8. The van der Waals surface area contributed by atoms with Gasteiger partial charge in [0.05, 0.1) is 42.6 Å². The van der Waals surface area contributed by atoms with E-state index in [0.717, 1.165) is 16.6 Å². The van der Waals surface area contributed by atoms with Crippen LogP contribution < -0.4 is 4.74 Å². The summed E-state index contributed by atoms with van der Waals surface area (Å²) in [4.78, 5) is 16.2. The Hall–Kier alpha value is -3.76. The number of nitrogens with zero attached hydrogens (tertiary/aromatic N) is 9. The molecule has 1 aliphatic heterocycles. The minimum atomic E-state index is -0.0196. The molecular formula is C18H19N9O2. The topological polar surface area (TPSA) is 109 Å². The van der Waals surface area contributed by atoms with E-state index in [1.54, 1.807) is 44.6 Å². The fourth-order valence-corrected chi connectivity index (χ4v) is 3.56. The minimum Gasteiger partial charge on any atom is -0.481 e. The van der Waals surface area contributed by atoms with Crippen molar-refractivity contribution in [2.75, 3.05) is 20.2 Å². The molecule has 1 aromatic carbocycles. The van der Waals surface area contributed by atoms with Crippen LogP contribution in [0.25, 0.3) is 10.9 Å². The van der Waals surface area contributed by atoms with Crippen molar-refractivity contribution >= 4 is 16.8 Å². The van der Waals surface area contributed by atoms with Gasteiger partial charge in [-0.05, 0) is 18.2 Å². The molecular weight excluding hydrogens is 374 g/mol. The van der Waals surface area contributed by atoms with Crippen molar-refractivity contribution in [1.82, 2.24) is 44.7 Å². The molecule has 4 heterocycles. The molecule has 0 N–H and O–H groups in total. The van der Waals surface area contributed by atoms with Crippen LogP contribution in [0.1, 0.15) is 22.1 Å². The molecule has 0 bridgehead atoms. The Morgan fingerprint density at radius 1 is 1.24 bits per heavy atom. The maximum absolute atomic E-state index is 12.8. The van der Waals surface area contributed by atoms with E-state index in [0.29, 0.717) is 31.1 Å². The van der Waals surface area contributed by atoms with Crippen LogP contribution in [0.3, 0.4) is 0 Å². The molecule has 0 atom stereocenters. The molecule has 148 valence electrons. The lowest BCUT2D eigenvalue weighted by Gasteiger charge is -2.38. The number of rotatable bonds is 5. The molecule has 0 saturated carbocycles. The Labute approximate surface area is 165 Å². The summed E-state index contributed by atoms with van der Waals surface area (Å²) >= 11 is 0. The minimum absolute atomic E-state index is 0.0196. The molecule has 29 heavy (non-hydrogen) atoms. The number of carbonyl (C=O) groups excluding carboxylic acids is 1. The number of carbonyl (C=O) groups is 1. The largest absolute Gasteiger partial charge is 0.481 e. The molecule has 0 radical (unpaired) electrons. The Morgan fingerprint density at radius 2 is 2.03 bits per heavy atom. The Morgan fingerprint density at radius 3 is 2.79 bits per heavy atom. The summed E-state index contributed by atoms with van der Waals surface area (Å²) in [6, 6.07) is 5.61. The van der Waals surface area contributed by atoms with Crippen molar-refractivity contribution in [1.29, 1.82) is 0 Å². The first-order valence-corrected chi connectivity index (χ1v) is 9.17. The normalized spacial score (nSPS) is 14.3. The van der Waals surface area contributed by atoms with Crippen LogP contribution in [-0.4, -0.2) is 70.8 Å². The highest BCUT2D eigenvalue weighted by Gasteiger charge is 2.33. The molecule has 0 unspecified atom stereocenters. The van der Waals surface area contributed by atoms with Gasteiger partial charge >= 0.3 is 0 Å². The number of hydrogen-bond acceptors (Lipinski definition) is 7. The first-order chi connectivity index (χ1) is 14.1. The molecule has 3 aromatic heterocycles. The van der Waals surface area contributed by atoms with Crippen LogP contribution in [0.4, 0.5) is 0 Å². The number of methoxy groups -OCH3 is 1. The second kappa shape index (κ2) is 6.69. The third kappa shape index (κ3) is 3.00. The van der Waals surface area contributed by atoms with Crippen LogP contribution in [0, 0.1) is 0 Å². The van der Waals surface area contributed by atoms with Crippen molar-refractivity contribution in [3.8, 4) is 5.88 Å². The number of aryl methyl sites for hydroxylation is 1. The number of likely N-dealkylation sites (tertiary alicyclic amines) is 1. The lowest BCUT2D eigenvalue weighted by molar-refractivity contribution is 0.0498. The molecule has 11 heteroatoms. The summed E-state index contributed by atoms with van der Waals surface area (Å²) < 4.78 is 8.82. The Kier molecular flexibility index (Phi) is 4.00. The van der Waals surface area contributed by atoms with E-state index in [2.05, 4.69) is 25.6 Å². The molecule has 1 fully saturated rings. The maximum Gasteiger partial charge on any atom is 0.254 e. The summed E-state index contributed by atoms with van der Waals surface area (Å²) in [7, 11) is 3.42. The highest BCUT2D eigenvalue weighted by Crippen LogP contribution is 2.27. The predicted octanol–water partition coefficient (Wildman–Crippen LogP) is 0.510. The summed E-state index contributed by atoms with van der Waals surface area (Å²) in [6.07, 6.45) is 5.12. The Bertz CT molecular complexity index is 1170. The van der Waals surface area contributed by atoms with Crippen molar-refractivity contribution in [2.45, 2.75) is 12.6 Å². The van der Waals surface area contributed by atoms with Gasteiger partial charge in [-0.25, -0.2) is 9.36 Å². The van der Waals surface area contributed by atoms with Gasteiger partial charge in [0.15, 0.2) is 0 Å². The average molecular weight is 393 g/mol. The molecule has 1 aliphatic rings. The van der Waals surface area contributed by atoms with Gasteiger partial charge in [0.1, 0.15) is 12.2 Å².